The largest absolute Gasteiger partial charge is 0.396 e. The van der Waals surface area contributed by atoms with E-state index in [0.717, 1.165) is 29.6 Å². The fourth-order valence-electron chi connectivity index (χ4n) is 2.74. The zero-order valence-corrected chi connectivity index (χ0v) is 10.2. The van der Waals surface area contributed by atoms with Crippen LogP contribution >= 0.6 is 0 Å². The van der Waals surface area contributed by atoms with Crippen LogP contribution in [0.4, 0.5) is 5.82 Å². The predicted molar refractivity (Wildman–Crippen MR) is 71.4 cm³/mol. The van der Waals surface area contributed by atoms with Crippen LogP contribution in [0.25, 0.3) is 10.9 Å². The molecule has 0 amide bonds. The van der Waals surface area contributed by atoms with Crippen LogP contribution in [0.2, 0.25) is 0 Å². The van der Waals surface area contributed by atoms with Crippen molar-refractivity contribution in [2.75, 3.05) is 11.9 Å². The highest BCUT2D eigenvalue weighted by Crippen LogP contribution is 2.29. The van der Waals surface area contributed by atoms with Crippen LogP contribution in [-0.2, 0) is 0 Å². The summed E-state index contributed by atoms with van der Waals surface area (Å²) in [5, 5.41) is 13.9. The number of hydrogen-bond donors (Lipinski definition) is 2. The molecule has 1 aromatic heterocycles. The van der Waals surface area contributed by atoms with Crippen LogP contribution < -0.4 is 5.32 Å². The van der Waals surface area contributed by atoms with Gasteiger partial charge in [0.1, 0.15) is 12.1 Å². The Morgan fingerprint density at radius 1 is 1.22 bits per heavy atom. The van der Waals surface area contributed by atoms with Gasteiger partial charge in [0, 0.05) is 24.0 Å². The van der Waals surface area contributed by atoms with Gasteiger partial charge in [0.05, 0.1) is 5.52 Å². The molecular formula is C14H17N3O. The zero-order chi connectivity index (χ0) is 12.4. The van der Waals surface area contributed by atoms with E-state index in [-0.39, 0.29) is 6.61 Å². The van der Waals surface area contributed by atoms with E-state index >= 15 is 0 Å². The summed E-state index contributed by atoms with van der Waals surface area (Å²) in [7, 11) is 0. The highest BCUT2D eigenvalue weighted by Gasteiger charge is 2.27. The van der Waals surface area contributed by atoms with Gasteiger partial charge in [-0.15, -0.1) is 0 Å². The molecule has 4 nitrogen and oxygen atoms in total. The highest BCUT2D eigenvalue weighted by molar-refractivity contribution is 5.88. The van der Waals surface area contributed by atoms with Crippen molar-refractivity contribution in [2.45, 2.75) is 25.3 Å². The summed E-state index contributed by atoms with van der Waals surface area (Å²) in [6, 6.07) is 8.31. The molecule has 1 fully saturated rings. The number of aromatic nitrogens is 2. The SMILES string of the molecule is OCC1CCCC1Nc1ncnc2ccccc12. The average molecular weight is 243 g/mol. The molecule has 2 aromatic rings. The molecule has 18 heavy (non-hydrogen) atoms. The van der Waals surface area contributed by atoms with E-state index in [9.17, 15) is 5.11 Å². The second-order valence-electron chi connectivity index (χ2n) is 4.86. The quantitative estimate of drug-likeness (QED) is 0.867. The zero-order valence-electron chi connectivity index (χ0n) is 10.2. The van der Waals surface area contributed by atoms with Crippen molar-refractivity contribution in [2.24, 2.45) is 5.92 Å². The number of aliphatic hydroxyl groups is 1. The number of benzene rings is 1. The molecule has 2 atom stereocenters. The van der Waals surface area contributed by atoms with E-state index in [4.69, 9.17) is 0 Å². The van der Waals surface area contributed by atoms with Crippen molar-refractivity contribution in [1.82, 2.24) is 9.97 Å². The van der Waals surface area contributed by atoms with Gasteiger partial charge in [-0.1, -0.05) is 18.6 Å². The molecule has 0 spiro atoms. The lowest BCUT2D eigenvalue weighted by Gasteiger charge is -2.20. The molecule has 0 saturated heterocycles. The molecule has 0 aliphatic heterocycles. The summed E-state index contributed by atoms with van der Waals surface area (Å²) in [4.78, 5) is 8.59. The van der Waals surface area contributed by atoms with Gasteiger partial charge >= 0.3 is 0 Å². The molecule has 1 aliphatic carbocycles. The number of fused-ring (bicyclic) bond motifs is 1. The van der Waals surface area contributed by atoms with Gasteiger partial charge in [-0.25, -0.2) is 9.97 Å². The summed E-state index contributed by atoms with van der Waals surface area (Å²) in [6.07, 6.45) is 4.96. The van der Waals surface area contributed by atoms with E-state index in [1.54, 1.807) is 6.33 Å². The van der Waals surface area contributed by atoms with Crippen molar-refractivity contribution in [3.63, 3.8) is 0 Å². The van der Waals surface area contributed by atoms with E-state index in [0.29, 0.717) is 12.0 Å². The fourth-order valence-corrected chi connectivity index (χ4v) is 2.74. The third kappa shape index (κ3) is 2.04. The smallest absolute Gasteiger partial charge is 0.137 e. The maximum Gasteiger partial charge on any atom is 0.137 e. The second kappa shape index (κ2) is 4.90. The number of para-hydroxylation sites is 1. The van der Waals surface area contributed by atoms with Gasteiger partial charge < -0.3 is 10.4 Å². The van der Waals surface area contributed by atoms with E-state index in [1.165, 1.54) is 6.42 Å². The monoisotopic (exact) mass is 243 g/mol. The first-order valence-electron chi connectivity index (χ1n) is 6.45. The number of aliphatic hydroxyl groups excluding tert-OH is 1. The molecular weight excluding hydrogens is 226 g/mol. The number of anilines is 1. The fraction of sp³-hybridized carbons (Fsp3) is 0.429. The molecule has 94 valence electrons. The van der Waals surface area contributed by atoms with Crippen molar-refractivity contribution in [3.8, 4) is 0 Å². The third-order valence-electron chi connectivity index (χ3n) is 3.76. The molecule has 1 aromatic carbocycles. The lowest BCUT2D eigenvalue weighted by molar-refractivity contribution is 0.222. The predicted octanol–water partition coefficient (Wildman–Crippen LogP) is 2.20. The Labute approximate surface area is 106 Å². The standard InChI is InChI=1S/C14H17N3O/c18-8-10-4-3-7-12(10)17-14-11-5-1-2-6-13(11)15-9-16-14/h1-2,5-6,9-10,12,18H,3-4,7-8H2,(H,15,16,17). The number of nitrogens with zero attached hydrogens (tertiary/aromatic N) is 2. The topological polar surface area (TPSA) is 58.0 Å². The average Bonchev–Trinajstić information content (AvgIpc) is 2.86. The lowest BCUT2D eigenvalue weighted by atomic mass is 10.0. The summed E-state index contributed by atoms with van der Waals surface area (Å²) in [5.74, 6) is 1.23. The Hall–Kier alpha value is -1.68. The molecule has 1 saturated carbocycles. The normalized spacial score (nSPS) is 23.4. The maximum absolute atomic E-state index is 9.35. The van der Waals surface area contributed by atoms with Gasteiger partial charge in [0.25, 0.3) is 0 Å². The van der Waals surface area contributed by atoms with Crippen molar-refractivity contribution < 1.29 is 5.11 Å². The van der Waals surface area contributed by atoms with Crippen molar-refractivity contribution in [1.29, 1.82) is 0 Å². The third-order valence-corrected chi connectivity index (χ3v) is 3.76. The van der Waals surface area contributed by atoms with Gasteiger partial charge in [0.2, 0.25) is 0 Å². The van der Waals surface area contributed by atoms with Gasteiger partial charge in [-0.2, -0.15) is 0 Å². The second-order valence-corrected chi connectivity index (χ2v) is 4.86. The Balaban J connectivity index is 1.90. The van der Waals surface area contributed by atoms with Crippen LogP contribution in [0, 0.1) is 5.92 Å². The molecule has 0 bridgehead atoms. The Bertz CT molecular complexity index is 538. The molecule has 0 radical (unpaired) electrons. The molecule has 2 N–H and O–H groups in total. The van der Waals surface area contributed by atoms with E-state index in [2.05, 4.69) is 15.3 Å². The van der Waals surface area contributed by atoms with Crippen LogP contribution in [0.15, 0.2) is 30.6 Å². The van der Waals surface area contributed by atoms with E-state index < -0.39 is 0 Å². The summed E-state index contributed by atoms with van der Waals surface area (Å²) in [6.45, 7) is 0.251. The Kier molecular flexibility index (Phi) is 3.11. The summed E-state index contributed by atoms with van der Waals surface area (Å²) in [5.41, 5.74) is 0.952. The van der Waals surface area contributed by atoms with Crippen molar-refractivity contribution >= 4 is 16.7 Å². The Morgan fingerprint density at radius 2 is 2.11 bits per heavy atom. The van der Waals surface area contributed by atoms with Crippen LogP contribution in [-0.4, -0.2) is 27.7 Å². The molecule has 4 heteroatoms. The number of rotatable bonds is 3. The first-order valence-corrected chi connectivity index (χ1v) is 6.45. The highest BCUT2D eigenvalue weighted by atomic mass is 16.3. The Morgan fingerprint density at radius 3 is 3.00 bits per heavy atom. The minimum absolute atomic E-state index is 0.251. The molecule has 1 heterocycles. The minimum atomic E-state index is 0.251. The van der Waals surface area contributed by atoms with Gasteiger partial charge in [-0.05, 0) is 25.0 Å². The maximum atomic E-state index is 9.35. The lowest BCUT2D eigenvalue weighted by Crippen LogP contribution is -2.26. The first kappa shape index (κ1) is 11.4. The molecule has 2 unspecified atom stereocenters. The number of nitrogens with one attached hydrogen (secondary N) is 1. The van der Waals surface area contributed by atoms with Gasteiger partial charge in [0.15, 0.2) is 0 Å². The molecule has 3 rings (SSSR count). The molecule has 1 aliphatic rings. The van der Waals surface area contributed by atoms with Crippen molar-refractivity contribution in [3.05, 3.63) is 30.6 Å². The number of hydrogen-bond acceptors (Lipinski definition) is 4. The van der Waals surface area contributed by atoms with Crippen LogP contribution in [0.1, 0.15) is 19.3 Å². The summed E-state index contributed by atoms with van der Waals surface area (Å²) < 4.78 is 0. The summed E-state index contributed by atoms with van der Waals surface area (Å²) >= 11 is 0. The first-order chi connectivity index (χ1) is 8.88. The minimum Gasteiger partial charge on any atom is -0.396 e. The van der Waals surface area contributed by atoms with E-state index in [1.807, 2.05) is 24.3 Å². The van der Waals surface area contributed by atoms with Crippen LogP contribution in [0.5, 0.6) is 0 Å². The van der Waals surface area contributed by atoms with Gasteiger partial charge in [-0.3, -0.25) is 0 Å². The van der Waals surface area contributed by atoms with Crippen LogP contribution in [0.3, 0.4) is 0 Å².